The summed E-state index contributed by atoms with van der Waals surface area (Å²) in [6, 6.07) is 17.1. The van der Waals surface area contributed by atoms with Crippen LogP contribution >= 0.6 is 39.1 Å². The van der Waals surface area contributed by atoms with E-state index in [0.29, 0.717) is 0 Å². The molecular weight excluding hydrogens is 637 g/mol. The summed E-state index contributed by atoms with van der Waals surface area (Å²) in [4.78, 5) is 28.5. The van der Waals surface area contributed by atoms with Crippen molar-refractivity contribution in [3.63, 3.8) is 0 Å². The molecule has 0 aliphatic heterocycles. The fraction of sp³-hybridized carbons (Fsp3) is 0.310. The Morgan fingerprint density at radius 2 is 1.60 bits per heavy atom. The van der Waals surface area contributed by atoms with Gasteiger partial charge in [0.2, 0.25) is 11.8 Å². The lowest BCUT2D eigenvalue weighted by Crippen LogP contribution is -2.52. The third kappa shape index (κ3) is 8.22. The average Bonchev–Trinajstić information content (AvgIpc) is 2.89. The molecule has 0 saturated carbocycles. The van der Waals surface area contributed by atoms with Gasteiger partial charge in [0.1, 0.15) is 12.6 Å². The number of carbonyl (C=O) groups is 2. The summed E-state index contributed by atoms with van der Waals surface area (Å²) in [6.45, 7) is 6.81. The van der Waals surface area contributed by atoms with Crippen LogP contribution in [-0.2, 0) is 26.2 Å². The fourth-order valence-corrected chi connectivity index (χ4v) is 6.29. The number of aryl methyl sites for hydroxylation is 1. The second-order valence-electron chi connectivity index (χ2n) is 9.60. The lowest BCUT2D eigenvalue weighted by Gasteiger charge is -2.32. The molecule has 0 aliphatic carbocycles. The van der Waals surface area contributed by atoms with Crippen LogP contribution in [0.25, 0.3) is 0 Å². The largest absolute Gasteiger partial charge is 0.352 e. The van der Waals surface area contributed by atoms with Crippen LogP contribution in [0, 0.1) is 6.92 Å². The number of sulfonamides is 1. The van der Waals surface area contributed by atoms with E-state index in [1.165, 1.54) is 35.2 Å². The maximum Gasteiger partial charge on any atom is 0.264 e. The van der Waals surface area contributed by atoms with Gasteiger partial charge in [0.05, 0.1) is 10.6 Å². The highest BCUT2D eigenvalue weighted by Crippen LogP contribution is 2.30. The summed E-state index contributed by atoms with van der Waals surface area (Å²) < 4.78 is 29.6. The number of halogens is 3. The smallest absolute Gasteiger partial charge is 0.264 e. The molecule has 0 radical (unpaired) electrons. The van der Waals surface area contributed by atoms with Gasteiger partial charge in [0, 0.05) is 27.1 Å². The molecule has 1 N–H and O–H groups in total. The number of benzene rings is 3. The average molecular weight is 669 g/mol. The van der Waals surface area contributed by atoms with Crippen LogP contribution < -0.4 is 9.62 Å². The van der Waals surface area contributed by atoms with Gasteiger partial charge >= 0.3 is 0 Å². The standard InChI is InChI=1S/C29H32BrCl2N3O4S/c1-5-20(3)33-29(37)21(4)34(17-22-7-6-8-23(30)13-22)28(36)18-35(26-15-24(31)14-25(32)16-26)40(38,39)27-11-9-19(2)10-12-27/h6-16,20-21H,5,17-18H2,1-4H3,(H,33,37)/t20-,21+/m1/s1. The Morgan fingerprint density at radius 3 is 2.17 bits per heavy atom. The van der Waals surface area contributed by atoms with Gasteiger partial charge in [-0.2, -0.15) is 0 Å². The van der Waals surface area contributed by atoms with Crippen molar-refractivity contribution in [3.05, 3.63) is 92.4 Å². The number of anilines is 1. The maximum atomic E-state index is 14.0. The number of rotatable bonds is 11. The maximum absolute atomic E-state index is 14.0. The number of carbonyl (C=O) groups excluding carboxylic acids is 2. The number of amides is 2. The number of hydrogen-bond acceptors (Lipinski definition) is 4. The van der Waals surface area contributed by atoms with Gasteiger partial charge in [-0.15, -0.1) is 0 Å². The lowest BCUT2D eigenvalue weighted by atomic mass is 10.1. The van der Waals surface area contributed by atoms with Crippen LogP contribution in [0.5, 0.6) is 0 Å². The molecule has 0 saturated heterocycles. The minimum atomic E-state index is -4.22. The minimum Gasteiger partial charge on any atom is -0.352 e. The first-order valence-electron chi connectivity index (χ1n) is 12.7. The fourth-order valence-electron chi connectivity index (χ4n) is 3.93. The molecule has 11 heteroatoms. The van der Waals surface area contributed by atoms with Crippen molar-refractivity contribution in [1.82, 2.24) is 10.2 Å². The molecule has 3 aromatic carbocycles. The molecular formula is C29H32BrCl2N3O4S. The first-order chi connectivity index (χ1) is 18.8. The number of nitrogens with one attached hydrogen (secondary N) is 1. The van der Waals surface area contributed by atoms with E-state index in [2.05, 4.69) is 21.2 Å². The summed E-state index contributed by atoms with van der Waals surface area (Å²) in [5, 5.41) is 3.34. The topological polar surface area (TPSA) is 86.8 Å². The van der Waals surface area contributed by atoms with E-state index in [0.717, 1.165) is 26.3 Å². The molecule has 214 valence electrons. The van der Waals surface area contributed by atoms with E-state index >= 15 is 0 Å². The Balaban J connectivity index is 2.06. The van der Waals surface area contributed by atoms with Crippen molar-refractivity contribution in [2.45, 2.75) is 57.6 Å². The van der Waals surface area contributed by atoms with Crippen molar-refractivity contribution in [2.24, 2.45) is 0 Å². The molecule has 3 aromatic rings. The highest BCUT2D eigenvalue weighted by molar-refractivity contribution is 9.10. The summed E-state index contributed by atoms with van der Waals surface area (Å²) in [7, 11) is -4.22. The van der Waals surface area contributed by atoms with Crippen molar-refractivity contribution >= 4 is 66.7 Å². The zero-order valence-corrected chi connectivity index (χ0v) is 26.6. The summed E-state index contributed by atoms with van der Waals surface area (Å²) in [5.41, 5.74) is 1.78. The lowest BCUT2D eigenvalue weighted by molar-refractivity contribution is -0.139. The van der Waals surface area contributed by atoms with Gasteiger partial charge in [0.25, 0.3) is 10.0 Å². The molecule has 0 heterocycles. The van der Waals surface area contributed by atoms with Gasteiger partial charge < -0.3 is 10.2 Å². The molecule has 0 spiro atoms. The van der Waals surface area contributed by atoms with E-state index in [9.17, 15) is 18.0 Å². The van der Waals surface area contributed by atoms with E-state index < -0.39 is 28.5 Å². The second-order valence-corrected chi connectivity index (χ2v) is 13.2. The normalized spacial score (nSPS) is 12.9. The molecule has 2 atom stereocenters. The first kappa shape index (κ1) is 31.9. The Labute approximate surface area is 254 Å². The Kier molecular flexibility index (Phi) is 11.1. The second kappa shape index (κ2) is 13.9. The van der Waals surface area contributed by atoms with Crippen molar-refractivity contribution in [2.75, 3.05) is 10.8 Å². The van der Waals surface area contributed by atoms with E-state index in [1.54, 1.807) is 19.1 Å². The Morgan fingerprint density at radius 1 is 0.975 bits per heavy atom. The van der Waals surface area contributed by atoms with Crippen molar-refractivity contribution in [3.8, 4) is 0 Å². The zero-order valence-electron chi connectivity index (χ0n) is 22.7. The molecule has 40 heavy (non-hydrogen) atoms. The predicted molar refractivity (Wildman–Crippen MR) is 164 cm³/mol. The zero-order chi connectivity index (χ0) is 29.6. The Bertz CT molecular complexity index is 1450. The molecule has 0 aliphatic rings. The van der Waals surface area contributed by atoms with Crippen molar-refractivity contribution < 1.29 is 18.0 Å². The molecule has 3 rings (SSSR count). The van der Waals surface area contributed by atoms with E-state index in [4.69, 9.17) is 23.2 Å². The van der Waals surface area contributed by atoms with Crippen LogP contribution in [-0.4, -0.2) is 43.8 Å². The molecule has 0 unspecified atom stereocenters. The molecule has 2 amide bonds. The predicted octanol–water partition coefficient (Wildman–Crippen LogP) is 6.59. The Hall–Kier alpha value is -2.59. The van der Waals surface area contributed by atoms with Gasteiger partial charge in [-0.3, -0.25) is 13.9 Å². The van der Waals surface area contributed by atoms with E-state index in [-0.39, 0.29) is 39.1 Å². The van der Waals surface area contributed by atoms with Gasteiger partial charge in [0.15, 0.2) is 0 Å². The molecule has 0 bridgehead atoms. The van der Waals surface area contributed by atoms with Crippen LogP contribution in [0.15, 0.2) is 76.1 Å². The third-order valence-electron chi connectivity index (χ3n) is 6.43. The summed E-state index contributed by atoms with van der Waals surface area (Å²) in [5.74, 6) is -0.907. The molecule has 0 fully saturated rings. The number of hydrogen-bond donors (Lipinski definition) is 1. The molecule has 0 aromatic heterocycles. The minimum absolute atomic E-state index is 0.00287. The highest BCUT2D eigenvalue weighted by Gasteiger charge is 2.33. The third-order valence-corrected chi connectivity index (χ3v) is 9.15. The van der Waals surface area contributed by atoms with Gasteiger partial charge in [-0.05, 0) is 75.2 Å². The SMILES string of the molecule is CC[C@@H](C)NC(=O)[C@H](C)N(Cc1cccc(Br)c1)C(=O)CN(c1cc(Cl)cc(Cl)c1)S(=O)(=O)c1ccc(C)cc1. The quantitative estimate of drug-likeness (QED) is 0.250. The number of nitrogens with zero attached hydrogens (tertiary/aromatic N) is 2. The molecule has 7 nitrogen and oxygen atoms in total. The van der Waals surface area contributed by atoms with E-state index in [1.807, 2.05) is 45.0 Å². The monoisotopic (exact) mass is 667 g/mol. The summed E-state index contributed by atoms with van der Waals surface area (Å²) in [6.07, 6.45) is 0.718. The van der Waals surface area contributed by atoms with Crippen molar-refractivity contribution in [1.29, 1.82) is 0 Å². The first-order valence-corrected chi connectivity index (χ1v) is 15.7. The summed E-state index contributed by atoms with van der Waals surface area (Å²) >= 11 is 15.9. The van der Waals surface area contributed by atoms with Crippen LogP contribution in [0.4, 0.5) is 5.69 Å². The van der Waals surface area contributed by atoms with Crippen LogP contribution in [0.1, 0.15) is 38.3 Å². The van der Waals surface area contributed by atoms with Gasteiger partial charge in [-0.1, -0.05) is 75.9 Å². The highest BCUT2D eigenvalue weighted by atomic mass is 79.9. The van der Waals surface area contributed by atoms with Crippen LogP contribution in [0.3, 0.4) is 0 Å². The van der Waals surface area contributed by atoms with Crippen LogP contribution in [0.2, 0.25) is 10.0 Å². The van der Waals surface area contributed by atoms with Gasteiger partial charge in [-0.25, -0.2) is 8.42 Å².